The molecule has 0 aromatic carbocycles. The molecule has 0 aliphatic heterocycles. The lowest BCUT2D eigenvalue weighted by Gasteiger charge is -1.99. The molecule has 0 saturated carbocycles. The van der Waals surface area contributed by atoms with Crippen LogP contribution in [0.3, 0.4) is 0 Å². The second-order valence-corrected chi connectivity index (χ2v) is 3.34. The summed E-state index contributed by atoms with van der Waals surface area (Å²) in [6.45, 7) is 4.64. The highest BCUT2D eigenvalue weighted by molar-refractivity contribution is 5.85. The fourth-order valence-electron chi connectivity index (χ4n) is 1.57. The zero-order valence-electron chi connectivity index (χ0n) is 8.73. The molecule has 2 heterocycles. The zero-order valence-corrected chi connectivity index (χ0v) is 10.4. The van der Waals surface area contributed by atoms with Crippen molar-refractivity contribution in [3.8, 4) is 0 Å². The molecule has 0 atom stereocenters. The lowest BCUT2D eigenvalue weighted by Crippen LogP contribution is -1.95. The van der Waals surface area contributed by atoms with Gasteiger partial charge in [0.1, 0.15) is 5.65 Å². The molecule has 0 bridgehead atoms. The third kappa shape index (κ3) is 2.62. The first-order valence-electron chi connectivity index (χ1n) is 4.36. The van der Waals surface area contributed by atoms with Crippen molar-refractivity contribution in [3.05, 3.63) is 35.3 Å². The number of imidazole rings is 1. The van der Waals surface area contributed by atoms with Gasteiger partial charge in [-0.05, 0) is 31.5 Å². The topological polar surface area (TPSA) is 43.3 Å². The first-order chi connectivity index (χ1) is 6.20. The predicted octanol–water partition coefficient (Wildman–Crippen LogP) is 2.25. The first-order valence-corrected chi connectivity index (χ1v) is 4.36. The van der Waals surface area contributed by atoms with Gasteiger partial charge >= 0.3 is 0 Å². The van der Waals surface area contributed by atoms with Crippen molar-refractivity contribution in [3.63, 3.8) is 0 Å². The van der Waals surface area contributed by atoms with Gasteiger partial charge in [0, 0.05) is 18.4 Å². The summed E-state index contributed by atoms with van der Waals surface area (Å²) < 4.78 is 2.06. The molecule has 0 amide bonds. The zero-order chi connectivity index (χ0) is 9.42. The fourth-order valence-corrected chi connectivity index (χ4v) is 1.57. The van der Waals surface area contributed by atoms with E-state index in [0.29, 0.717) is 6.54 Å². The second-order valence-electron chi connectivity index (χ2n) is 3.34. The molecule has 0 fully saturated rings. The number of aromatic nitrogens is 2. The van der Waals surface area contributed by atoms with E-state index in [4.69, 9.17) is 5.73 Å². The van der Waals surface area contributed by atoms with Crippen molar-refractivity contribution < 1.29 is 0 Å². The van der Waals surface area contributed by atoms with Crippen molar-refractivity contribution in [1.82, 2.24) is 9.38 Å². The summed E-state index contributed by atoms with van der Waals surface area (Å²) in [7, 11) is 0. The number of nitrogens with zero attached hydrogens (tertiary/aromatic N) is 2. The average Bonchev–Trinajstić information content (AvgIpc) is 2.47. The molecular weight excluding hydrogens is 233 g/mol. The van der Waals surface area contributed by atoms with Crippen LogP contribution in [0.25, 0.3) is 5.65 Å². The van der Waals surface area contributed by atoms with Crippen molar-refractivity contribution >= 4 is 30.5 Å². The standard InChI is InChI=1S/C10H13N3.2ClH/c1-7-3-8(2)13-6-9(5-11)12-10(13)4-7;;/h3-4,6H,5,11H2,1-2H3;2*1H. The van der Waals surface area contributed by atoms with E-state index in [9.17, 15) is 0 Å². The minimum Gasteiger partial charge on any atom is -0.325 e. The molecule has 3 nitrogen and oxygen atoms in total. The quantitative estimate of drug-likeness (QED) is 0.841. The molecule has 2 aromatic rings. The summed E-state index contributed by atoms with van der Waals surface area (Å²) >= 11 is 0. The van der Waals surface area contributed by atoms with Gasteiger partial charge in [-0.1, -0.05) is 0 Å². The van der Waals surface area contributed by atoms with E-state index >= 15 is 0 Å². The lowest BCUT2D eigenvalue weighted by atomic mass is 10.2. The maximum Gasteiger partial charge on any atom is 0.137 e. The van der Waals surface area contributed by atoms with E-state index in [1.807, 2.05) is 6.20 Å². The van der Waals surface area contributed by atoms with Gasteiger partial charge in [0.2, 0.25) is 0 Å². The number of nitrogens with two attached hydrogens (primary N) is 1. The van der Waals surface area contributed by atoms with Crippen LogP contribution < -0.4 is 5.73 Å². The molecule has 2 rings (SSSR count). The Morgan fingerprint density at radius 2 is 1.93 bits per heavy atom. The van der Waals surface area contributed by atoms with Crippen LogP contribution in [-0.4, -0.2) is 9.38 Å². The Morgan fingerprint density at radius 3 is 2.53 bits per heavy atom. The van der Waals surface area contributed by atoms with Crippen molar-refractivity contribution in [2.24, 2.45) is 5.73 Å². The fraction of sp³-hybridized carbons (Fsp3) is 0.300. The van der Waals surface area contributed by atoms with Crippen LogP contribution in [0, 0.1) is 13.8 Å². The van der Waals surface area contributed by atoms with Crippen LogP contribution in [-0.2, 0) is 6.54 Å². The summed E-state index contributed by atoms with van der Waals surface area (Å²) in [6.07, 6.45) is 1.99. The molecule has 0 aliphatic carbocycles. The Hall–Kier alpha value is -0.770. The number of hydrogen-bond donors (Lipinski definition) is 1. The van der Waals surface area contributed by atoms with Crippen LogP contribution in [0.15, 0.2) is 18.3 Å². The van der Waals surface area contributed by atoms with Crippen LogP contribution >= 0.6 is 24.8 Å². The van der Waals surface area contributed by atoms with Gasteiger partial charge in [-0.15, -0.1) is 24.8 Å². The Kier molecular flexibility index (Phi) is 5.08. The number of aryl methyl sites for hydroxylation is 2. The minimum atomic E-state index is 0. The van der Waals surface area contributed by atoms with Gasteiger partial charge in [0.05, 0.1) is 5.69 Å². The summed E-state index contributed by atoms with van der Waals surface area (Å²) in [5.41, 5.74) is 9.88. The largest absolute Gasteiger partial charge is 0.325 e. The number of pyridine rings is 1. The molecule has 0 spiro atoms. The monoisotopic (exact) mass is 247 g/mol. The third-order valence-electron chi connectivity index (χ3n) is 2.17. The SMILES string of the molecule is Cc1cc(C)n2cc(CN)nc2c1.Cl.Cl. The molecule has 0 aliphatic rings. The normalized spacial score (nSPS) is 9.53. The second kappa shape index (κ2) is 5.35. The highest BCUT2D eigenvalue weighted by atomic mass is 35.5. The van der Waals surface area contributed by atoms with E-state index in [1.54, 1.807) is 0 Å². The van der Waals surface area contributed by atoms with E-state index in [0.717, 1.165) is 11.3 Å². The maximum atomic E-state index is 5.53. The van der Waals surface area contributed by atoms with Crippen molar-refractivity contribution in [1.29, 1.82) is 0 Å². The van der Waals surface area contributed by atoms with E-state index in [1.165, 1.54) is 11.3 Å². The van der Waals surface area contributed by atoms with E-state index in [2.05, 4.69) is 35.4 Å². The Bertz CT molecular complexity index is 451. The Morgan fingerprint density at radius 1 is 1.27 bits per heavy atom. The molecule has 15 heavy (non-hydrogen) atoms. The predicted molar refractivity (Wildman–Crippen MR) is 67.1 cm³/mol. The highest BCUT2D eigenvalue weighted by Crippen LogP contribution is 2.11. The van der Waals surface area contributed by atoms with Gasteiger partial charge in [-0.2, -0.15) is 0 Å². The molecule has 0 radical (unpaired) electrons. The number of halogens is 2. The van der Waals surface area contributed by atoms with Crippen LogP contribution in [0.1, 0.15) is 17.0 Å². The molecular formula is C10H15Cl2N3. The highest BCUT2D eigenvalue weighted by Gasteiger charge is 2.02. The van der Waals surface area contributed by atoms with Gasteiger partial charge in [-0.25, -0.2) is 4.98 Å². The third-order valence-corrected chi connectivity index (χ3v) is 2.17. The molecule has 5 heteroatoms. The summed E-state index contributed by atoms with van der Waals surface area (Å²) in [5, 5.41) is 0. The van der Waals surface area contributed by atoms with Crippen molar-refractivity contribution in [2.75, 3.05) is 0 Å². The molecule has 0 unspecified atom stereocenters. The van der Waals surface area contributed by atoms with Gasteiger partial charge in [0.25, 0.3) is 0 Å². The van der Waals surface area contributed by atoms with Crippen LogP contribution in [0.4, 0.5) is 0 Å². The Balaban J connectivity index is 0.000000980. The molecule has 0 saturated heterocycles. The number of hydrogen-bond acceptors (Lipinski definition) is 2. The molecule has 2 N–H and O–H groups in total. The van der Waals surface area contributed by atoms with E-state index < -0.39 is 0 Å². The van der Waals surface area contributed by atoms with Gasteiger partial charge in [-0.3, -0.25) is 0 Å². The summed E-state index contributed by atoms with van der Waals surface area (Å²) in [6, 6.07) is 4.20. The summed E-state index contributed by atoms with van der Waals surface area (Å²) in [4.78, 5) is 4.39. The van der Waals surface area contributed by atoms with Crippen LogP contribution in [0.2, 0.25) is 0 Å². The van der Waals surface area contributed by atoms with Crippen molar-refractivity contribution in [2.45, 2.75) is 20.4 Å². The van der Waals surface area contributed by atoms with Gasteiger partial charge in [0.15, 0.2) is 0 Å². The number of fused-ring (bicyclic) bond motifs is 1. The maximum absolute atomic E-state index is 5.53. The van der Waals surface area contributed by atoms with Crippen LogP contribution in [0.5, 0.6) is 0 Å². The smallest absolute Gasteiger partial charge is 0.137 e. The van der Waals surface area contributed by atoms with E-state index in [-0.39, 0.29) is 24.8 Å². The Labute approximate surface area is 102 Å². The van der Waals surface area contributed by atoms with Gasteiger partial charge < -0.3 is 10.1 Å². The minimum absolute atomic E-state index is 0. The average molecular weight is 248 g/mol. The first kappa shape index (κ1) is 14.2. The summed E-state index contributed by atoms with van der Waals surface area (Å²) in [5.74, 6) is 0. The molecule has 2 aromatic heterocycles. The lowest BCUT2D eigenvalue weighted by molar-refractivity contribution is 1.01. The molecule has 84 valence electrons. The number of rotatable bonds is 1.